The lowest BCUT2D eigenvalue weighted by atomic mass is 10.2. The van der Waals surface area contributed by atoms with Crippen LogP contribution in [0.4, 0.5) is 0 Å². The van der Waals surface area contributed by atoms with Crippen LogP contribution in [-0.4, -0.2) is 39.4 Å². The molecule has 0 saturated carbocycles. The number of hydrogen-bond donors (Lipinski definition) is 0. The van der Waals surface area contributed by atoms with Crippen LogP contribution in [0.2, 0.25) is 5.04 Å². The van der Waals surface area contributed by atoms with Gasteiger partial charge >= 0.3 is 11.7 Å². The van der Waals surface area contributed by atoms with Crippen LogP contribution in [0.3, 0.4) is 0 Å². The molecule has 0 rings (SSSR count). The molecule has 0 spiro atoms. The molecule has 0 aromatic heterocycles. The Morgan fingerprint density at radius 3 is 2.33 bits per heavy atom. The van der Waals surface area contributed by atoms with Crippen molar-refractivity contribution in [1.29, 1.82) is 0 Å². The van der Waals surface area contributed by atoms with Crippen molar-refractivity contribution in [1.82, 2.24) is 0 Å². The fraction of sp³-hybridized carbons (Fsp3) is 0.778. The zero-order valence-electron chi connectivity index (χ0n) is 9.70. The van der Waals surface area contributed by atoms with Gasteiger partial charge in [0.15, 0.2) is 6.10 Å². The molecule has 0 N–H and O–H groups in total. The smallest absolute Gasteiger partial charge is 0.419 e. The third-order valence-electron chi connectivity index (χ3n) is 1.43. The molecule has 0 aliphatic carbocycles. The maximum Gasteiger partial charge on any atom is 0.419 e. The molecular weight excluding hydrogens is 212 g/mol. The molecule has 0 aromatic rings. The van der Waals surface area contributed by atoms with Gasteiger partial charge < -0.3 is 14.7 Å². The Hall–Kier alpha value is -0.973. The third-order valence-corrected chi connectivity index (χ3v) is 2.51. The van der Waals surface area contributed by atoms with Crippen LogP contribution in [0.1, 0.15) is 27.7 Å². The highest BCUT2D eigenvalue weighted by molar-refractivity contribution is 6.38. The van der Waals surface area contributed by atoms with Crippen LogP contribution in [0.5, 0.6) is 0 Å². The third kappa shape index (κ3) is 5.46. The van der Waals surface area contributed by atoms with Crippen molar-refractivity contribution in [3.8, 4) is 0 Å². The Morgan fingerprint density at radius 1 is 1.47 bits per heavy atom. The van der Waals surface area contributed by atoms with Crippen molar-refractivity contribution >= 4 is 21.4 Å². The van der Waals surface area contributed by atoms with Gasteiger partial charge in [0.25, 0.3) is 0 Å². The van der Waals surface area contributed by atoms with Gasteiger partial charge in [0.05, 0.1) is 7.11 Å². The lowest BCUT2D eigenvalue weighted by molar-refractivity contribution is -0.138. The van der Waals surface area contributed by atoms with E-state index in [4.69, 9.17) is 9.96 Å². The highest BCUT2D eigenvalue weighted by atomic mass is 28.2. The summed E-state index contributed by atoms with van der Waals surface area (Å²) in [6.45, 7) is 7.70. The van der Waals surface area contributed by atoms with Crippen LogP contribution in [-0.2, 0) is 14.0 Å². The van der Waals surface area contributed by atoms with Gasteiger partial charge in [0.1, 0.15) is 0 Å². The maximum absolute atomic E-state index is 11.1. The van der Waals surface area contributed by atoms with E-state index >= 15 is 0 Å². The summed E-state index contributed by atoms with van der Waals surface area (Å²) >= 11 is 0. The number of hydrogen-bond acceptors (Lipinski definition) is 3. The van der Waals surface area contributed by atoms with E-state index in [1.54, 1.807) is 6.92 Å². The molecule has 0 saturated heterocycles. The molecule has 84 valence electrons. The summed E-state index contributed by atoms with van der Waals surface area (Å²) in [5.74, 6) is -0.677. The summed E-state index contributed by atoms with van der Waals surface area (Å²) in [6, 6.07) is 0. The highest BCUT2D eigenvalue weighted by Gasteiger charge is 2.30. The second-order valence-electron chi connectivity index (χ2n) is 4.09. The van der Waals surface area contributed by atoms with Gasteiger partial charge in [-0.15, -0.1) is 0 Å². The summed E-state index contributed by atoms with van der Waals surface area (Å²) in [7, 11) is 1.44. The van der Waals surface area contributed by atoms with Crippen LogP contribution in [0.15, 0.2) is 0 Å². The Balaban J connectivity index is 4.37. The van der Waals surface area contributed by atoms with Crippen LogP contribution >= 0.6 is 0 Å². The molecule has 0 bridgehead atoms. The molecule has 15 heavy (non-hydrogen) atoms. The molecule has 1 atom stereocenters. The van der Waals surface area contributed by atoms with Crippen molar-refractivity contribution in [3.63, 3.8) is 0 Å². The summed E-state index contributed by atoms with van der Waals surface area (Å²) in [4.78, 5) is 14.0. The lowest BCUT2D eigenvalue weighted by Crippen LogP contribution is -2.33. The van der Waals surface area contributed by atoms with Crippen molar-refractivity contribution < 1.29 is 18.7 Å². The molecule has 5 nitrogen and oxygen atoms in total. The largest absolute Gasteiger partial charge is 0.460 e. The molecule has 6 heteroatoms. The predicted molar refractivity (Wildman–Crippen MR) is 56.7 cm³/mol. The summed E-state index contributed by atoms with van der Waals surface area (Å²) < 4.78 is 9.87. The van der Waals surface area contributed by atoms with Crippen LogP contribution in [0.25, 0.3) is 5.53 Å². The van der Waals surface area contributed by atoms with Crippen molar-refractivity contribution in [2.75, 3.05) is 7.11 Å². The topological polar surface area (TPSA) is 71.9 Å². The van der Waals surface area contributed by atoms with Crippen LogP contribution < -0.4 is 0 Å². The average Bonchev–Trinajstić information content (AvgIpc) is 2.14. The minimum Gasteiger partial charge on any atom is -0.460 e. The first-order chi connectivity index (χ1) is 6.81. The molecule has 0 aromatic carbocycles. The second kappa shape index (κ2) is 5.80. The van der Waals surface area contributed by atoms with E-state index in [0.717, 1.165) is 0 Å². The Labute approximate surface area is 92.3 Å². The first kappa shape index (κ1) is 14.0. The Bertz CT molecular complexity index is 280. The molecule has 0 aliphatic rings. The minimum absolute atomic E-state index is 0.0188. The van der Waals surface area contributed by atoms with E-state index < -0.39 is 12.1 Å². The molecule has 0 amide bonds. The average molecular weight is 228 g/mol. The van der Waals surface area contributed by atoms with Gasteiger partial charge in [-0.25, -0.2) is 4.79 Å². The molecule has 0 aliphatic heterocycles. The molecule has 1 unspecified atom stereocenters. The fourth-order valence-corrected chi connectivity index (χ4v) is 1.36. The van der Waals surface area contributed by atoms with E-state index in [-0.39, 0.29) is 20.5 Å². The number of rotatable bonds is 4. The molecule has 2 radical (unpaired) electrons. The molecule has 0 fully saturated rings. The minimum atomic E-state index is -0.677. The predicted octanol–water partition coefficient (Wildman–Crippen LogP) is 1.07. The van der Waals surface area contributed by atoms with Gasteiger partial charge in [-0.3, -0.25) is 0 Å². The maximum atomic E-state index is 11.1. The standard InChI is InChI=1S/C9H16N2O3Si/c1-6(14-15-9(2,3)4)7(11-10)8(12)13-5/h6H,1-5H3. The Morgan fingerprint density at radius 2 is 2.00 bits per heavy atom. The monoisotopic (exact) mass is 228 g/mol. The van der Waals surface area contributed by atoms with Crippen molar-refractivity contribution in [2.24, 2.45) is 0 Å². The molecule has 0 heterocycles. The van der Waals surface area contributed by atoms with Crippen molar-refractivity contribution in [3.05, 3.63) is 5.53 Å². The number of esters is 1. The van der Waals surface area contributed by atoms with E-state index in [1.165, 1.54) is 7.11 Å². The normalized spacial score (nSPS) is 12.9. The van der Waals surface area contributed by atoms with E-state index in [0.29, 0.717) is 0 Å². The van der Waals surface area contributed by atoms with Gasteiger partial charge in [-0.2, -0.15) is 4.79 Å². The van der Waals surface area contributed by atoms with E-state index in [2.05, 4.69) is 9.53 Å². The Kier molecular flexibility index (Phi) is 5.42. The van der Waals surface area contributed by atoms with Gasteiger partial charge in [0.2, 0.25) is 9.76 Å². The van der Waals surface area contributed by atoms with Crippen LogP contribution in [0, 0.1) is 0 Å². The zero-order chi connectivity index (χ0) is 12.1. The lowest BCUT2D eigenvalue weighted by Gasteiger charge is -2.17. The number of methoxy groups -OCH3 is 1. The number of carbonyl (C=O) groups is 1. The SMILES string of the molecule is COC(=O)C(=[N+]=[N-])C(C)O[Si]C(C)(C)C. The fourth-order valence-electron chi connectivity index (χ4n) is 0.714. The summed E-state index contributed by atoms with van der Waals surface area (Å²) in [6.07, 6.45) is -0.569. The number of carbonyl (C=O) groups excluding carboxylic acids is 1. The van der Waals surface area contributed by atoms with E-state index in [9.17, 15) is 4.79 Å². The van der Waals surface area contributed by atoms with Gasteiger partial charge in [-0.05, 0) is 12.0 Å². The second-order valence-corrected chi connectivity index (χ2v) is 6.03. The number of nitrogens with zero attached hydrogens (tertiary/aromatic N) is 2. The first-order valence-corrected chi connectivity index (χ1v) is 5.45. The molecular formula is C9H16N2O3Si. The number of ether oxygens (including phenoxy) is 1. The quantitative estimate of drug-likeness (QED) is 0.237. The highest BCUT2D eigenvalue weighted by Crippen LogP contribution is 2.20. The van der Waals surface area contributed by atoms with E-state index in [1.807, 2.05) is 20.8 Å². The van der Waals surface area contributed by atoms with Gasteiger partial charge in [0, 0.05) is 0 Å². The zero-order valence-corrected chi connectivity index (χ0v) is 10.7. The first-order valence-electron chi connectivity index (χ1n) is 4.55. The summed E-state index contributed by atoms with van der Waals surface area (Å²) in [5.41, 5.74) is 8.52. The van der Waals surface area contributed by atoms with Crippen molar-refractivity contribution in [2.45, 2.75) is 38.8 Å². The van der Waals surface area contributed by atoms with Gasteiger partial charge in [-0.1, -0.05) is 20.8 Å². The summed E-state index contributed by atoms with van der Waals surface area (Å²) in [5, 5.41) is 0.0188.